The van der Waals surface area contributed by atoms with Gasteiger partial charge in [0.05, 0.1) is 12.2 Å². The largest absolute Gasteiger partial charge is 0.489 e. The normalized spacial score (nSPS) is 10.8. The van der Waals surface area contributed by atoms with E-state index in [2.05, 4.69) is 10.5 Å². The van der Waals surface area contributed by atoms with E-state index in [1.54, 1.807) is 0 Å². The fraction of sp³-hybridized carbons (Fsp3) is 0.273. The van der Waals surface area contributed by atoms with Crippen LogP contribution in [0.4, 0.5) is 0 Å². The number of aryl methyl sites for hydroxylation is 1. The van der Waals surface area contributed by atoms with Gasteiger partial charge < -0.3 is 14.6 Å². The Labute approximate surface area is 165 Å². The Kier molecular flexibility index (Phi) is 6.81. The fourth-order valence-electron chi connectivity index (χ4n) is 2.87. The lowest BCUT2D eigenvalue weighted by Gasteiger charge is -2.16. The molecule has 0 fully saturated rings. The van der Waals surface area contributed by atoms with Crippen molar-refractivity contribution in [3.8, 4) is 5.75 Å². The molecule has 6 heteroatoms. The molecule has 0 aliphatic rings. The molecule has 6 nitrogen and oxygen atoms in total. The Morgan fingerprint density at radius 1 is 1.11 bits per heavy atom. The summed E-state index contributed by atoms with van der Waals surface area (Å²) in [5, 5.41) is 6.93. The second kappa shape index (κ2) is 9.71. The fourth-order valence-corrected chi connectivity index (χ4v) is 2.87. The van der Waals surface area contributed by atoms with Gasteiger partial charge in [0.15, 0.2) is 0 Å². The van der Waals surface area contributed by atoms with Gasteiger partial charge >= 0.3 is 0 Å². The van der Waals surface area contributed by atoms with E-state index in [-0.39, 0.29) is 12.5 Å². The Hall–Kier alpha value is -3.12. The number of carbonyl (C=O) groups is 1. The van der Waals surface area contributed by atoms with Gasteiger partial charge in [-0.15, -0.1) is 0 Å². The highest BCUT2D eigenvalue weighted by molar-refractivity contribution is 5.78. The molecule has 0 aliphatic heterocycles. The van der Waals surface area contributed by atoms with E-state index in [9.17, 15) is 4.79 Å². The van der Waals surface area contributed by atoms with Crippen LogP contribution in [-0.4, -0.2) is 29.6 Å². The Morgan fingerprint density at radius 3 is 2.54 bits per heavy atom. The highest BCUT2D eigenvalue weighted by Crippen LogP contribution is 2.14. The lowest BCUT2D eigenvalue weighted by Crippen LogP contribution is -2.34. The third-order valence-corrected chi connectivity index (χ3v) is 4.25. The van der Waals surface area contributed by atoms with E-state index < -0.39 is 0 Å². The summed E-state index contributed by atoms with van der Waals surface area (Å²) in [5.41, 5.74) is 2.91. The van der Waals surface area contributed by atoms with E-state index in [0.717, 1.165) is 28.3 Å². The van der Waals surface area contributed by atoms with Gasteiger partial charge in [0.2, 0.25) is 5.91 Å². The number of likely N-dealkylation sites (N-methyl/N-ethyl adjacent to an activating group) is 1. The van der Waals surface area contributed by atoms with Crippen molar-refractivity contribution < 1.29 is 14.1 Å². The zero-order chi connectivity index (χ0) is 19.8. The molecule has 3 rings (SSSR count). The highest BCUT2D eigenvalue weighted by Gasteiger charge is 2.10. The number of para-hydroxylation sites is 1. The molecule has 3 aromatic rings. The van der Waals surface area contributed by atoms with Crippen molar-refractivity contribution in [2.45, 2.75) is 26.6 Å². The molecule has 0 radical (unpaired) electrons. The number of nitrogens with one attached hydrogen (secondary N) is 1. The molecule has 1 heterocycles. The summed E-state index contributed by atoms with van der Waals surface area (Å²) in [6.45, 7) is 3.62. The summed E-state index contributed by atoms with van der Waals surface area (Å²) in [7, 11) is 1.88. The number of benzene rings is 2. The lowest BCUT2D eigenvalue weighted by molar-refractivity contribution is -0.122. The maximum absolute atomic E-state index is 12.3. The topological polar surface area (TPSA) is 67.6 Å². The monoisotopic (exact) mass is 379 g/mol. The summed E-state index contributed by atoms with van der Waals surface area (Å²) < 4.78 is 10.9. The van der Waals surface area contributed by atoms with Crippen LogP contribution in [0.25, 0.3) is 0 Å². The number of amides is 1. The molecular formula is C22H25N3O3. The number of hydrogen-bond acceptors (Lipinski definition) is 5. The number of ether oxygens (including phenoxy) is 1. The van der Waals surface area contributed by atoms with Gasteiger partial charge in [-0.3, -0.25) is 9.69 Å². The summed E-state index contributed by atoms with van der Waals surface area (Å²) in [4.78, 5) is 14.2. The molecular weight excluding hydrogens is 354 g/mol. The number of rotatable bonds is 9. The SMILES string of the molecule is Cc1cc(CN(C)CC(=O)NCc2ccccc2COc2ccccc2)no1. The molecule has 0 unspecified atom stereocenters. The minimum absolute atomic E-state index is 0.0403. The van der Waals surface area contributed by atoms with Crippen LogP contribution in [0.15, 0.2) is 65.2 Å². The highest BCUT2D eigenvalue weighted by atomic mass is 16.5. The molecule has 146 valence electrons. The van der Waals surface area contributed by atoms with E-state index in [4.69, 9.17) is 9.26 Å². The number of carbonyl (C=O) groups excluding carboxylic acids is 1. The van der Waals surface area contributed by atoms with Crippen molar-refractivity contribution in [1.29, 1.82) is 0 Å². The number of hydrogen-bond donors (Lipinski definition) is 1. The molecule has 1 aromatic heterocycles. The Morgan fingerprint density at radius 2 is 1.82 bits per heavy atom. The van der Waals surface area contributed by atoms with Crippen molar-refractivity contribution in [3.63, 3.8) is 0 Å². The lowest BCUT2D eigenvalue weighted by atomic mass is 10.1. The summed E-state index contributed by atoms with van der Waals surface area (Å²) in [5.74, 6) is 1.55. The van der Waals surface area contributed by atoms with Crippen molar-refractivity contribution in [3.05, 3.63) is 83.2 Å². The average molecular weight is 379 g/mol. The van der Waals surface area contributed by atoms with E-state index in [1.165, 1.54) is 0 Å². The van der Waals surface area contributed by atoms with Crippen LogP contribution in [0.1, 0.15) is 22.6 Å². The first-order chi connectivity index (χ1) is 13.6. The smallest absolute Gasteiger partial charge is 0.234 e. The molecule has 1 amide bonds. The third-order valence-electron chi connectivity index (χ3n) is 4.25. The summed E-state index contributed by atoms with van der Waals surface area (Å²) in [6, 6.07) is 19.5. The first-order valence-corrected chi connectivity index (χ1v) is 9.22. The first-order valence-electron chi connectivity index (χ1n) is 9.22. The standard InChI is InChI=1S/C22H25N3O3/c1-17-12-20(24-28-17)14-25(2)15-22(26)23-13-18-8-6-7-9-19(18)16-27-21-10-4-3-5-11-21/h3-12H,13-16H2,1-2H3,(H,23,26). The van der Waals surface area contributed by atoms with E-state index in [0.29, 0.717) is 19.7 Å². The van der Waals surface area contributed by atoms with Gasteiger partial charge in [-0.25, -0.2) is 0 Å². The van der Waals surface area contributed by atoms with Crippen LogP contribution >= 0.6 is 0 Å². The maximum atomic E-state index is 12.3. The Bertz CT molecular complexity index is 893. The molecule has 0 saturated carbocycles. The number of nitrogens with zero attached hydrogens (tertiary/aromatic N) is 2. The maximum Gasteiger partial charge on any atom is 0.234 e. The van der Waals surface area contributed by atoms with Crippen LogP contribution in [0, 0.1) is 6.92 Å². The number of aromatic nitrogens is 1. The summed E-state index contributed by atoms with van der Waals surface area (Å²) >= 11 is 0. The van der Waals surface area contributed by atoms with E-state index >= 15 is 0 Å². The van der Waals surface area contributed by atoms with Crippen LogP contribution in [-0.2, 0) is 24.5 Å². The molecule has 0 bridgehead atoms. The molecule has 0 atom stereocenters. The zero-order valence-corrected chi connectivity index (χ0v) is 16.2. The molecule has 28 heavy (non-hydrogen) atoms. The van der Waals surface area contributed by atoms with Crippen LogP contribution < -0.4 is 10.1 Å². The predicted octanol–water partition coefficient (Wildman–Crippen LogP) is 3.31. The van der Waals surface area contributed by atoms with Gasteiger partial charge in [0.25, 0.3) is 0 Å². The van der Waals surface area contributed by atoms with Gasteiger partial charge in [0.1, 0.15) is 18.1 Å². The molecule has 2 aromatic carbocycles. The Balaban J connectivity index is 1.49. The van der Waals surface area contributed by atoms with Gasteiger partial charge in [0, 0.05) is 19.2 Å². The minimum atomic E-state index is -0.0403. The molecule has 0 saturated heterocycles. The van der Waals surface area contributed by atoms with Crippen LogP contribution in [0.3, 0.4) is 0 Å². The van der Waals surface area contributed by atoms with Crippen molar-refractivity contribution >= 4 is 5.91 Å². The van der Waals surface area contributed by atoms with Crippen molar-refractivity contribution in [2.24, 2.45) is 0 Å². The van der Waals surface area contributed by atoms with Gasteiger partial charge in [-0.1, -0.05) is 47.6 Å². The second-order valence-corrected chi connectivity index (χ2v) is 6.75. The van der Waals surface area contributed by atoms with Crippen LogP contribution in [0.2, 0.25) is 0 Å². The third kappa shape index (κ3) is 5.96. The first kappa shape index (κ1) is 19.6. The quantitative estimate of drug-likeness (QED) is 0.618. The predicted molar refractivity (Wildman–Crippen MR) is 107 cm³/mol. The zero-order valence-electron chi connectivity index (χ0n) is 16.2. The summed E-state index contributed by atoms with van der Waals surface area (Å²) in [6.07, 6.45) is 0. The average Bonchev–Trinajstić information content (AvgIpc) is 3.10. The molecule has 0 aliphatic carbocycles. The van der Waals surface area contributed by atoms with Crippen LogP contribution in [0.5, 0.6) is 5.75 Å². The molecule has 1 N–H and O–H groups in total. The van der Waals surface area contributed by atoms with Gasteiger partial charge in [-0.2, -0.15) is 0 Å². The van der Waals surface area contributed by atoms with E-state index in [1.807, 2.05) is 79.5 Å². The van der Waals surface area contributed by atoms with Gasteiger partial charge in [-0.05, 0) is 37.2 Å². The second-order valence-electron chi connectivity index (χ2n) is 6.75. The molecule has 0 spiro atoms. The van der Waals surface area contributed by atoms with Crippen molar-refractivity contribution in [1.82, 2.24) is 15.4 Å². The van der Waals surface area contributed by atoms with Crippen molar-refractivity contribution in [2.75, 3.05) is 13.6 Å². The minimum Gasteiger partial charge on any atom is -0.489 e.